The van der Waals surface area contributed by atoms with E-state index in [0.29, 0.717) is 5.38 Å². The molecule has 0 nitrogen and oxygen atoms in total. The van der Waals surface area contributed by atoms with Crippen molar-refractivity contribution in [2.75, 3.05) is 0 Å². The normalized spacial score (nSPS) is 60.8. The van der Waals surface area contributed by atoms with Crippen LogP contribution in [0.25, 0.3) is 0 Å². The molecule has 0 bridgehead atoms. The summed E-state index contributed by atoms with van der Waals surface area (Å²) in [5.41, 5.74) is 0. The molecule has 8 heavy (non-hydrogen) atoms. The Bertz CT molecular complexity index is 109. The van der Waals surface area contributed by atoms with Crippen molar-refractivity contribution in [2.45, 2.75) is 25.1 Å². The van der Waals surface area contributed by atoms with Gasteiger partial charge in [0.1, 0.15) is 0 Å². The van der Waals surface area contributed by atoms with E-state index >= 15 is 0 Å². The molecular formula is C7H11Cl. The maximum Gasteiger partial charge on any atom is 0.0401 e. The standard InChI is InChI=1S/C7H11Cl/c1-4-2-3-5-6(4)7(5)8/h4-7H,2-3H2,1H3. The molecule has 4 atom stereocenters. The quantitative estimate of drug-likeness (QED) is 0.442. The third kappa shape index (κ3) is 0.473. The van der Waals surface area contributed by atoms with Crippen molar-refractivity contribution in [3.63, 3.8) is 0 Å². The fourth-order valence-electron chi connectivity index (χ4n) is 2.09. The predicted octanol–water partition coefficient (Wildman–Crippen LogP) is 2.27. The summed E-state index contributed by atoms with van der Waals surface area (Å²) < 4.78 is 0. The van der Waals surface area contributed by atoms with Crippen LogP contribution in [0.1, 0.15) is 19.8 Å². The molecule has 0 spiro atoms. The molecule has 0 amide bonds. The van der Waals surface area contributed by atoms with Crippen LogP contribution in [0.5, 0.6) is 0 Å². The molecular weight excluding hydrogens is 120 g/mol. The first kappa shape index (κ1) is 5.10. The first-order valence-corrected chi connectivity index (χ1v) is 3.88. The monoisotopic (exact) mass is 130 g/mol. The summed E-state index contributed by atoms with van der Waals surface area (Å²) in [6.45, 7) is 2.33. The molecule has 0 aromatic carbocycles. The van der Waals surface area contributed by atoms with Crippen LogP contribution in [0.3, 0.4) is 0 Å². The van der Waals surface area contributed by atoms with E-state index < -0.39 is 0 Å². The average molecular weight is 131 g/mol. The molecule has 1 heteroatoms. The molecule has 0 saturated heterocycles. The third-order valence-electron chi connectivity index (χ3n) is 2.74. The highest BCUT2D eigenvalue weighted by molar-refractivity contribution is 6.23. The number of rotatable bonds is 0. The smallest absolute Gasteiger partial charge is 0.0401 e. The van der Waals surface area contributed by atoms with Crippen molar-refractivity contribution in [3.8, 4) is 0 Å². The number of fused-ring (bicyclic) bond motifs is 1. The second-order valence-corrected chi connectivity index (χ2v) is 3.74. The maximum absolute atomic E-state index is 5.95. The summed E-state index contributed by atoms with van der Waals surface area (Å²) in [5.74, 6) is 2.77. The molecule has 0 N–H and O–H groups in total. The van der Waals surface area contributed by atoms with Crippen LogP contribution in [-0.4, -0.2) is 5.38 Å². The minimum atomic E-state index is 0.568. The summed E-state index contributed by atoms with van der Waals surface area (Å²) in [6.07, 6.45) is 2.83. The highest BCUT2D eigenvalue weighted by Crippen LogP contribution is 2.58. The zero-order valence-corrected chi connectivity index (χ0v) is 5.86. The fourth-order valence-corrected chi connectivity index (χ4v) is 2.74. The SMILES string of the molecule is CC1CCC2C(Cl)C12. The van der Waals surface area contributed by atoms with Gasteiger partial charge >= 0.3 is 0 Å². The van der Waals surface area contributed by atoms with Crippen LogP contribution in [0, 0.1) is 17.8 Å². The number of hydrogen-bond acceptors (Lipinski definition) is 0. The Morgan fingerprint density at radius 2 is 2.12 bits per heavy atom. The van der Waals surface area contributed by atoms with Gasteiger partial charge in [-0.1, -0.05) is 13.3 Å². The van der Waals surface area contributed by atoms with E-state index in [4.69, 9.17) is 11.6 Å². The number of halogens is 1. The summed E-state index contributed by atoms with van der Waals surface area (Å²) in [6, 6.07) is 0. The van der Waals surface area contributed by atoms with E-state index in [1.807, 2.05) is 0 Å². The Kier molecular flexibility index (Phi) is 0.901. The molecule has 0 aliphatic heterocycles. The van der Waals surface area contributed by atoms with E-state index in [0.717, 1.165) is 17.8 Å². The van der Waals surface area contributed by atoms with Gasteiger partial charge in [0.2, 0.25) is 0 Å². The first-order chi connectivity index (χ1) is 3.80. The molecule has 0 heterocycles. The van der Waals surface area contributed by atoms with Crippen LogP contribution < -0.4 is 0 Å². The van der Waals surface area contributed by atoms with Crippen LogP contribution >= 0.6 is 11.6 Å². The van der Waals surface area contributed by atoms with Gasteiger partial charge in [-0.05, 0) is 24.2 Å². The molecule has 46 valence electrons. The summed E-state index contributed by atoms with van der Waals surface area (Å²) in [7, 11) is 0. The minimum Gasteiger partial charge on any atom is -0.122 e. The second-order valence-electron chi connectivity index (χ2n) is 3.24. The second kappa shape index (κ2) is 1.41. The Morgan fingerprint density at radius 3 is 2.38 bits per heavy atom. The highest BCUT2D eigenvalue weighted by atomic mass is 35.5. The van der Waals surface area contributed by atoms with Crippen LogP contribution in [-0.2, 0) is 0 Å². The van der Waals surface area contributed by atoms with Gasteiger partial charge in [-0.25, -0.2) is 0 Å². The van der Waals surface area contributed by atoms with Crippen molar-refractivity contribution in [2.24, 2.45) is 17.8 Å². The molecule has 2 saturated carbocycles. The van der Waals surface area contributed by atoms with E-state index in [1.54, 1.807) is 0 Å². The third-order valence-corrected chi connectivity index (χ3v) is 3.36. The lowest BCUT2D eigenvalue weighted by Crippen LogP contribution is -1.94. The molecule has 0 aromatic rings. The first-order valence-electron chi connectivity index (χ1n) is 3.45. The Morgan fingerprint density at radius 1 is 1.38 bits per heavy atom. The maximum atomic E-state index is 5.95. The van der Waals surface area contributed by atoms with Gasteiger partial charge in [-0.2, -0.15) is 0 Å². The van der Waals surface area contributed by atoms with Gasteiger partial charge in [-0.15, -0.1) is 11.6 Å². The van der Waals surface area contributed by atoms with E-state index in [2.05, 4.69) is 6.92 Å². The predicted molar refractivity (Wildman–Crippen MR) is 35.0 cm³/mol. The highest BCUT2D eigenvalue weighted by Gasteiger charge is 2.55. The topological polar surface area (TPSA) is 0 Å². The van der Waals surface area contributed by atoms with Crippen LogP contribution in [0.2, 0.25) is 0 Å². The van der Waals surface area contributed by atoms with E-state index in [1.165, 1.54) is 12.8 Å². The molecule has 4 unspecified atom stereocenters. The summed E-state index contributed by atoms with van der Waals surface area (Å²) >= 11 is 5.95. The lowest BCUT2D eigenvalue weighted by atomic mass is 10.1. The van der Waals surface area contributed by atoms with Gasteiger partial charge in [0.25, 0.3) is 0 Å². The van der Waals surface area contributed by atoms with Crippen molar-refractivity contribution >= 4 is 11.6 Å². The van der Waals surface area contributed by atoms with E-state index in [9.17, 15) is 0 Å². The van der Waals surface area contributed by atoms with Crippen molar-refractivity contribution in [1.82, 2.24) is 0 Å². The summed E-state index contributed by atoms with van der Waals surface area (Å²) in [4.78, 5) is 0. The molecule has 2 aliphatic rings. The Balaban J connectivity index is 2.07. The molecule has 0 aromatic heterocycles. The lowest BCUT2D eigenvalue weighted by Gasteiger charge is -2.01. The lowest BCUT2D eigenvalue weighted by molar-refractivity contribution is 0.532. The fraction of sp³-hybridized carbons (Fsp3) is 1.00. The van der Waals surface area contributed by atoms with Gasteiger partial charge in [-0.3, -0.25) is 0 Å². The Labute approximate surface area is 55.2 Å². The largest absolute Gasteiger partial charge is 0.122 e. The van der Waals surface area contributed by atoms with Crippen molar-refractivity contribution in [3.05, 3.63) is 0 Å². The zero-order chi connectivity index (χ0) is 5.72. The van der Waals surface area contributed by atoms with E-state index in [-0.39, 0.29) is 0 Å². The molecule has 2 fully saturated rings. The van der Waals surface area contributed by atoms with Gasteiger partial charge in [0, 0.05) is 5.38 Å². The zero-order valence-electron chi connectivity index (χ0n) is 5.10. The van der Waals surface area contributed by atoms with Crippen molar-refractivity contribution < 1.29 is 0 Å². The summed E-state index contributed by atoms with van der Waals surface area (Å²) in [5, 5.41) is 0.568. The number of hydrogen-bond donors (Lipinski definition) is 0. The van der Waals surface area contributed by atoms with Crippen molar-refractivity contribution in [1.29, 1.82) is 0 Å². The van der Waals surface area contributed by atoms with Gasteiger partial charge in [0.05, 0.1) is 0 Å². The van der Waals surface area contributed by atoms with Crippen LogP contribution in [0.15, 0.2) is 0 Å². The molecule has 2 rings (SSSR count). The molecule has 0 radical (unpaired) electrons. The Hall–Kier alpha value is 0.290. The van der Waals surface area contributed by atoms with Crippen LogP contribution in [0.4, 0.5) is 0 Å². The number of alkyl halides is 1. The molecule has 2 aliphatic carbocycles. The van der Waals surface area contributed by atoms with Gasteiger partial charge in [0.15, 0.2) is 0 Å². The van der Waals surface area contributed by atoms with Gasteiger partial charge < -0.3 is 0 Å². The minimum absolute atomic E-state index is 0.568. The average Bonchev–Trinajstić information content (AvgIpc) is 2.13.